The van der Waals surface area contributed by atoms with Gasteiger partial charge in [0, 0.05) is 0 Å². The fraction of sp³-hybridized carbons (Fsp3) is 0.529. The van der Waals surface area contributed by atoms with E-state index < -0.39 is 50.5 Å². The fourth-order valence-corrected chi connectivity index (χ4v) is 17.7. The Balaban J connectivity index is 2.50. The van der Waals surface area contributed by atoms with Crippen LogP contribution in [0.4, 0.5) is 17.6 Å². The highest BCUT2D eigenvalue weighted by Crippen LogP contribution is 2.42. The van der Waals surface area contributed by atoms with Crippen LogP contribution in [0, 0.1) is 46.2 Å². The van der Waals surface area contributed by atoms with E-state index in [0.29, 0.717) is 44.4 Å². The average Bonchev–Trinajstić information content (AvgIpc) is 2.90. The van der Waals surface area contributed by atoms with Gasteiger partial charge >= 0.3 is 0 Å². The standard InChI is InChI=1S/C34H44F4N2Si2/c1-19(2)41(20(3)4,21(5)6)17-15-25-13-14-26(16-18-42(22(7)8,23(9)10)24(11)12)32-31(25)39-33-29(37)27(35)28(36)30(38)34(33)40-32/h13-14,19-24H,1-12H3. The van der Waals surface area contributed by atoms with Crippen molar-refractivity contribution in [1.82, 2.24) is 9.97 Å². The van der Waals surface area contributed by atoms with Gasteiger partial charge in [0.15, 0.2) is 23.3 Å². The Morgan fingerprint density at radius 1 is 0.452 bits per heavy atom. The van der Waals surface area contributed by atoms with E-state index in [0.717, 1.165) is 0 Å². The first-order valence-electron chi connectivity index (χ1n) is 15.0. The topological polar surface area (TPSA) is 25.8 Å². The lowest BCUT2D eigenvalue weighted by Gasteiger charge is -2.38. The maximum atomic E-state index is 14.9. The van der Waals surface area contributed by atoms with Crippen LogP contribution in [-0.2, 0) is 0 Å². The van der Waals surface area contributed by atoms with Gasteiger partial charge in [0.2, 0.25) is 0 Å². The highest BCUT2D eigenvalue weighted by atomic mass is 28.3. The minimum atomic E-state index is -2.15. The van der Waals surface area contributed by atoms with Gasteiger partial charge in [0.1, 0.15) is 38.2 Å². The Labute approximate surface area is 251 Å². The van der Waals surface area contributed by atoms with Crippen molar-refractivity contribution in [1.29, 1.82) is 0 Å². The van der Waals surface area contributed by atoms with Gasteiger partial charge in [-0.3, -0.25) is 0 Å². The summed E-state index contributed by atoms with van der Waals surface area (Å²) in [5.74, 6) is -0.299. The normalized spacial score (nSPS) is 12.7. The molecule has 0 unspecified atom stereocenters. The van der Waals surface area contributed by atoms with Crippen LogP contribution in [0.3, 0.4) is 0 Å². The lowest BCUT2D eigenvalue weighted by Crippen LogP contribution is -2.43. The molecule has 0 amide bonds. The maximum Gasteiger partial charge on any atom is 0.199 e. The fourth-order valence-electron chi connectivity index (χ4n) is 7.26. The van der Waals surface area contributed by atoms with E-state index in [2.05, 4.69) is 116 Å². The molecule has 3 aromatic rings. The Kier molecular flexibility index (Phi) is 10.1. The van der Waals surface area contributed by atoms with Crippen LogP contribution in [-0.4, -0.2) is 26.1 Å². The maximum absolute atomic E-state index is 14.9. The SMILES string of the molecule is CC(C)[Si](C#Cc1ccc(C#C[Si](C(C)C)(C(C)C)C(C)C)c2nc3c(F)c(F)c(F)c(F)c3nc12)(C(C)C)C(C)C. The van der Waals surface area contributed by atoms with Crippen LogP contribution in [0.5, 0.6) is 0 Å². The summed E-state index contributed by atoms with van der Waals surface area (Å²) in [4.78, 5) is 8.72. The van der Waals surface area contributed by atoms with Gasteiger partial charge in [-0.25, -0.2) is 27.5 Å². The zero-order chi connectivity index (χ0) is 31.9. The summed E-state index contributed by atoms with van der Waals surface area (Å²) in [7, 11) is -4.31. The second-order valence-electron chi connectivity index (χ2n) is 13.3. The van der Waals surface area contributed by atoms with Crippen LogP contribution < -0.4 is 0 Å². The molecule has 3 rings (SSSR count). The van der Waals surface area contributed by atoms with Crippen molar-refractivity contribution < 1.29 is 17.6 Å². The first kappa shape index (κ1) is 33.8. The molecule has 0 spiro atoms. The van der Waals surface area contributed by atoms with Crippen molar-refractivity contribution in [3.63, 3.8) is 0 Å². The minimum Gasteiger partial charge on any atom is -0.240 e. The predicted molar refractivity (Wildman–Crippen MR) is 173 cm³/mol. The quantitative estimate of drug-likeness (QED) is 0.0691. The molecule has 42 heavy (non-hydrogen) atoms. The molecule has 0 saturated carbocycles. The molecule has 0 N–H and O–H groups in total. The Hall–Kier alpha value is -2.69. The molecular weight excluding hydrogens is 569 g/mol. The molecule has 0 fully saturated rings. The van der Waals surface area contributed by atoms with Gasteiger partial charge in [0.05, 0.1) is 11.1 Å². The minimum absolute atomic E-state index is 0.205. The monoisotopic (exact) mass is 612 g/mol. The van der Waals surface area contributed by atoms with E-state index in [1.165, 1.54) is 0 Å². The van der Waals surface area contributed by atoms with Crippen molar-refractivity contribution in [3.8, 4) is 22.9 Å². The number of benzene rings is 2. The summed E-state index contributed by atoms with van der Waals surface area (Å²) in [5.41, 5.74) is 9.57. The summed E-state index contributed by atoms with van der Waals surface area (Å²) in [5, 5.41) is 0. The lowest BCUT2D eigenvalue weighted by atomic mass is 10.1. The molecule has 1 heterocycles. The van der Waals surface area contributed by atoms with Crippen LogP contribution >= 0.6 is 0 Å². The molecule has 2 nitrogen and oxygen atoms in total. The molecule has 0 bridgehead atoms. The van der Waals surface area contributed by atoms with E-state index in [9.17, 15) is 17.6 Å². The summed E-state index contributed by atoms with van der Waals surface area (Å²) >= 11 is 0. The van der Waals surface area contributed by atoms with Crippen LogP contribution in [0.15, 0.2) is 12.1 Å². The third kappa shape index (κ3) is 5.53. The average molecular weight is 613 g/mol. The summed E-state index contributed by atoms with van der Waals surface area (Å²) in [6.07, 6.45) is 0. The first-order chi connectivity index (χ1) is 19.4. The number of rotatable bonds is 6. The van der Waals surface area contributed by atoms with Crippen molar-refractivity contribution in [2.75, 3.05) is 0 Å². The summed E-state index contributed by atoms with van der Waals surface area (Å²) in [6, 6.07) is 3.58. The van der Waals surface area contributed by atoms with E-state index in [1.54, 1.807) is 12.1 Å². The molecule has 0 radical (unpaired) electrons. The van der Waals surface area contributed by atoms with Crippen molar-refractivity contribution in [2.24, 2.45) is 0 Å². The number of hydrogen-bond acceptors (Lipinski definition) is 2. The zero-order valence-corrected chi connectivity index (χ0v) is 29.0. The van der Waals surface area contributed by atoms with Crippen molar-refractivity contribution in [3.05, 3.63) is 46.5 Å². The third-order valence-corrected chi connectivity index (χ3v) is 22.0. The van der Waals surface area contributed by atoms with Crippen molar-refractivity contribution >= 4 is 38.2 Å². The van der Waals surface area contributed by atoms with Crippen LogP contribution in [0.25, 0.3) is 22.1 Å². The number of hydrogen-bond donors (Lipinski definition) is 0. The number of fused-ring (bicyclic) bond motifs is 2. The molecule has 0 aliphatic rings. The summed E-state index contributed by atoms with van der Waals surface area (Å²) < 4.78 is 58.4. The highest BCUT2D eigenvalue weighted by molar-refractivity contribution is 6.91. The highest BCUT2D eigenvalue weighted by Gasteiger charge is 2.42. The summed E-state index contributed by atoms with van der Waals surface area (Å²) in [6.45, 7) is 26.4. The second kappa shape index (κ2) is 12.5. The molecule has 226 valence electrons. The molecule has 0 aliphatic heterocycles. The molecule has 1 aromatic heterocycles. The predicted octanol–water partition coefficient (Wildman–Crippen LogP) is 10.5. The molecular formula is C34H44F4N2Si2. The van der Waals surface area contributed by atoms with Gasteiger partial charge in [0.25, 0.3) is 0 Å². The largest absolute Gasteiger partial charge is 0.240 e. The second-order valence-corrected chi connectivity index (χ2v) is 24.5. The number of nitrogens with zero attached hydrogens (tertiary/aromatic N) is 2. The van der Waals surface area contributed by atoms with Crippen LogP contribution in [0.1, 0.15) is 94.2 Å². The van der Waals surface area contributed by atoms with Crippen LogP contribution in [0.2, 0.25) is 33.2 Å². The Bertz CT molecular complexity index is 1460. The Morgan fingerprint density at radius 3 is 0.952 bits per heavy atom. The van der Waals surface area contributed by atoms with Gasteiger partial charge < -0.3 is 0 Å². The van der Waals surface area contributed by atoms with Gasteiger partial charge in [-0.05, 0) is 45.4 Å². The molecule has 2 aromatic carbocycles. The van der Waals surface area contributed by atoms with E-state index in [4.69, 9.17) is 0 Å². The van der Waals surface area contributed by atoms with Gasteiger partial charge in [-0.2, -0.15) is 0 Å². The smallest absolute Gasteiger partial charge is 0.199 e. The molecule has 0 atom stereocenters. The van der Waals surface area contributed by atoms with E-state index >= 15 is 0 Å². The number of aromatic nitrogens is 2. The Morgan fingerprint density at radius 2 is 0.714 bits per heavy atom. The van der Waals surface area contributed by atoms with E-state index in [-0.39, 0.29) is 11.0 Å². The van der Waals surface area contributed by atoms with Crippen molar-refractivity contribution in [2.45, 2.75) is 116 Å². The molecule has 0 saturated heterocycles. The molecule has 8 heteroatoms. The third-order valence-electron chi connectivity index (χ3n) is 9.38. The lowest BCUT2D eigenvalue weighted by molar-refractivity contribution is 0.416. The van der Waals surface area contributed by atoms with E-state index in [1.807, 2.05) is 0 Å². The van der Waals surface area contributed by atoms with Gasteiger partial charge in [-0.15, -0.1) is 11.1 Å². The zero-order valence-electron chi connectivity index (χ0n) is 27.0. The molecule has 0 aliphatic carbocycles. The van der Waals surface area contributed by atoms with Gasteiger partial charge in [-0.1, -0.05) is 94.9 Å². The number of halogens is 4. The first-order valence-corrected chi connectivity index (χ1v) is 19.4.